The largest absolute Gasteiger partial charge is 0.433 e. The first-order chi connectivity index (χ1) is 13.3. The molecule has 28 heavy (non-hydrogen) atoms. The quantitative estimate of drug-likeness (QED) is 0.818. The summed E-state index contributed by atoms with van der Waals surface area (Å²) < 4.78 is 38.0. The Balaban J connectivity index is 1.53. The molecule has 1 N–H and O–H groups in total. The molecular weight excluding hydrogens is 367 g/mol. The molecule has 1 saturated heterocycles. The number of hydrogen-bond donors (Lipinski definition) is 1. The van der Waals surface area contributed by atoms with Gasteiger partial charge in [-0.3, -0.25) is 14.8 Å². The average Bonchev–Trinajstić information content (AvgIpc) is 2.70. The van der Waals surface area contributed by atoms with Crippen LogP contribution >= 0.6 is 0 Å². The predicted molar refractivity (Wildman–Crippen MR) is 98.3 cm³/mol. The van der Waals surface area contributed by atoms with Crippen LogP contribution in [0.3, 0.4) is 0 Å². The number of nitrogens with one attached hydrogen (secondary N) is 1. The highest BCUT2D eigenvalue weighted by molar-refractivity contribution is 5.85. The maximum atomic E-state index is 12.8. The lowest BCUT2D eigenvalue weighted by Gasteiger charge is -2.42. The minimum absolute atomic E-state index is 0.0841. The molecule has 1 aliphatic carbocycles. The fourth-order valence-electron chi connectivity index (χ4n) is 4.41. The molecule has 4 rings (SSSR count). The molecule has 1 saturated carbocycles. The van der Waals surface area contributed by atoms with Gasteiger partial charge in [-0.25, -0.2) is 0 Å². The molecule has 0 bridgehead atoms. The lowest BCUT2D eigenvalue weighted by atomic mass is 9.72. The average molecular weight is 389 g/mol. The summed E-state index contributed by atoms with van der Waals surface area (Å²) in [5.74, 6) is 0.314. The van der Waals surface area contributed by atoms with E-state index < -0.39 is 11.9 Å². The van der Waals surface area contributed by atoms with Crippen molar-refractivity contribution >= 4 is 5.78 Å². The molecule has 0 radical (unpaired) electrons. The van der Waals surface area contributed by atoms with E-state index in [2.05, 4.69) is 15.3 Å². The van der Waals surface area contributed by atoms with Gasteiger partial charge < -0.3 is 5.32 Å². The van der Waals surface area contributed by atoms with E-state index in [4.69, 9.17) is 0 Å². The minimum atomic E-state index is -4.46. The van der Waals surface area contributed by atoms with Gasteiger partial charge in [0, 0.05) is 41.9 Å². The van der Waals surface area contributed by atoms with Gasteiger partial charge in [-0.1, -0.05) is 25.8 Å². The molecule has 2 aromatic heterocycles. The number of pyridine rings is 2. The number of piperidine rings is 1. The van der Waals surface area contributed by atoms with E-state index in [1.807, 2.05) is 13.0 Å². The van der Waals surface area contributed by atoms with E-state index >= 15 is 0 Å². The molecule has 1 aliphatic heterocycles. The van der Waals surface area contributed by atoms with Crippen LogP contribution in [0.5, 0.6) is 0 Å². The zero-order chi connectivity index (χ0) is 19.9. The summed E-state index contributed by atoms with van der Waals surface area (Å²) in [6, 6.07) is 6.13. The molecule has 148 valence electrons. The van der Waals surface area contributed by atoms with E-state index in [1.54, 1.807) is 12.3 Å². The number of carbonyl (C=O) groups excluding carboxylic acids is 1. The van der Waals surface area contributed by atoms with Gasteiger partial charge in [0.1, 0.15) is 11.5 Å². The fraction of sp³-hybridized carbons (Fsp3) is 0.476. The van der Waals surface area contributed by atoms with Crippen molar-refractivity contribution in [3.05, 3.63) is 47.9 Å². The Labute approximate surface area is 161 Å². The van der Waals surface area contributed by atoms with Gasteiger partial charge in [0.15, 0.2) is 0 Å². The number of Topliss-reactive ketones (excluding diaryl/α,β-unsaturated/α-hetero) is 1. The van der Waals surface area contributed by atoms with E-state index in [0.717, 1.165) is 37.3 Å². The number of aromatic nitrogens is 2. The summed E-state index contributed by atoms with van der Waals surface area (Å²) in [6.07, 6.45) is 2.67. The first kappa shape index (κ1) is 19.1. The Morgan fingerprint density at radius 2 is 1.82 bits per heavy atom. The molecular formula is C21H22F3N3O. The third-order valence-electron chi connectivity index (χ3n) is 5.97. The summed E-state index contributed by atoms with van der Waals surface area (Å²) in [6.45, 7) is 1.96. The second-order valence-electron chi connectivity index (χ2n) is 7.74. The Bertz CT molecular complexity index is 849. The SMILES string of the molecule is CC1C(=O)C2CCCCC2NC1c1ccc(-c2ccc(C(F)(F)F)nc2)nc1. The summed E-state index contributed by atoms with van der Waals surface area (Å²) in [4.78, 5) is 20.7. The van der Waals surface area contributed by atoms with Crippen molar-refractivity contribution in [1.29, 1.82) is 0 Å². The molecule has 0 aromatic carbocycles. The summed E-state index contributed by atoms with van der Waals surface area (Å²) in [5, 5.41) is 3.64. The number of hydrogen-bond acceptors (Lipinski definition) is 4. The van der Waals surface area contributed by atoms with Crippen molar-refractivity contribution in [2.24, 2.45) is 11.8 Å². The molecule has 4 nitrogen and oxygen atoms in total. The van der Waals surface area contributed by atoms with Crippen LogP contribution in [0.15, 0.2) is 36.7 Å². The number of fused-ring (bicyclic) bond motifs is 1. The smallest absolute Gasteiger partial charge is 0.306 e. The normalized spacial score (nSPS) is 28.1. The van der Waals surface area contributed by atoms with Crippen molar-refractivity contribution in [1.82, 2.24) is 15.3 Å². The first-order valence-corrected chi connectivity index (χ1v) is 9.64. The van der Waals surface area contributed by atoms with Crippen molar-refractivity contribution in [3.8, 4) is 11.3 Å². The molecule has 4 atom stereocenters. The van der Waals surface area contributed by atoms with Gasteiger partial charge in [-0.2, -0.15) is 13.2 Å². The molecule has 2 fully saturated rings. The zero-order valence-corrected chi connectivity index (χ0v) is 15.5. The van der Waals surface area contributed by atoms with E-state index in [9.17, 15) is 18.0 Å². The summed E-state index contributed by atoms with van der Waals surface area (Å²) in [7, 11) is 0. The number of alkyl halides is 3. The van der Waals surface area contributed by atoms with Crippen LogP contribution in [0.4, 0.5) is 13.2 Å². The van der Waals surface area contributed by atoms with Gasteiger partial charge >= 0.3 is 6.18 Å². The van der Waals surface area contributed by atoms with Crippen molar-refractivity contribution in [2.75, 3.05) is 0 Å². The van der Waals surface area contributed by atoms with Crippen LogP contribution < -0.4 is 5.32 Å². The van der Waals surface area contributed by atoms with Crippen molar-refractivity contribution in [3.63, 3.8) is 0 Å². The van der Waals surface area contributed by atoms with Gasteiger partial charge in [0.25, 0.3) is 0 Å². The lowest BCUT2D eigenvalue weighted by Crippen LogP contribution is -2.53. The lowest BCUT2D eigenvalue weighted by molar-refractivity contribution is -0.141. The Kier molecular flexibility index (Phi) is 4.95. The van der Waals surface area contributed by atoms with Crippen LogP contribution in [0, 0.1) is 11.8 Å². The second kappa shape index (κ2) is 7.28. The first-order valence-electron chi connectivity index (χ1n) is 9.64. The highest BCUT2D eigenvalue weighted by atomic mass is 19.4. The highest BCUT2D eigenvalue weighted by Gasteiger charge is 2.42. The Hall–Kier alpha value is -2.28. The van der Waals surface area contributed by atoms with Gasteiger partial charge in [0.2, 0.25) is 0 Å². The molecule has 4 unspecified atom stereocenters. The van der Waals surface area contributed by atoms with Crippen LogP contribution in [0.2, 0.25) is 0 Å². The third kappa shape index (κ3) is 3.55. The summed E-state index contributed by atoms with van der Waals surface area (Å²) >= 11 is 0. The number of nitrogens with zero attached hydrogens (tertiary/aromatic N) is 2. The van der Waals surface area contributed by atoms with E-state index in [1.165, 1.54) is 12.3 Å². The monoisotopic (exact) mass is 389 g/mol. The number of rotatable bonds is 2. The Morgan fingerprint density at radius 3 is 2.46 bits per heavy atom. The molecule has 2 aliphatic rings. The second-order valence-corrected chi connectivity index (χ2v) is 7.74. The third-order valence-corrected chi connectivity index (χ3v) is 5.97. The molecule has 0 spiro atoms. The standard InChI is InChI=1S/C21H22F3N3O/c1-12-19(27-17-5-3-2-4-15(17)20(12)28)14-6-8-16(25-11-14)13-7-9-18(26-10-13)21(22,23)24/h6-12,15,17,19,27H,2-5H2,1H3. The fourth-order valence-corrected chi connectivity index (χ4v) is 4.41. The Morgan fingerprint density at radius 1 is 1.04 bits per heavy atom. The van der Waals surface area contributed by atoms with Crippen LogP contribution in [0.25, 0.3) is 11.3 Å². The zero-order valence-electron chi connectivity index (χ0n) is 15.5. The maximum Gasteiger partial charge on any atom is 0.433 e. The number of halogens is 3. The predicted octanol–water partition coefficient (Wildman–Crippen LogP) is 4.57. The van der Waals surface area contributed by atoms with Gasteiger partial charge in [-0.15, -0.1) is 0 Å². The molecule has 0 amide bonds. The molecule has 2 aromatic rings. The summed E-state index contributed by atoms with van der Waals surface area (Å²) in [5.41, 5.74) is 1.07. The number of carbonyl (C=O) groups is 1. The van der Waals surface area contributed by atoms with Crippen LogP contribution in [-0.4, -0.2) is 21.8 Å². The minimum Gasteiger partial charge on any atom is -0.306 e. The van der Waals surface area contributed by atoms with Crippen molar-refractivity contribution < 1.29 is 18.0 Å². The van der Waals surface area contributed by atoms with E-state index in [-0.39, 0.29) is 23.9 Å². The maximum absolute atomic E-state index is 12.8. The highest BCUT2D eigenvalue weighted by Crippen LogP contribution is 2.38. The van der Waals surface area contributed by atoms with Crippen molar-refractivity contribution in [2.45, 2.75) is 50.9 Å². The van der Waals surface area contributed by atoms with Crippen LogP contribution in [-0.2, 0) is 11.0 Å². The topological polar surface area (TPSA) is 54.9 Å². The van der Waals surface area contributed by atoms with Gasteiger partial charge in [0.05, 0.1) is 5.69 Å². The number of ketones is 1. The van der Waals surface area contributed by atoms with E-state index in [0.29, 0.717) is 17.0 Å². The molecule has 3 heterocycles. The van der Waals surface area contributed by atoms with Crippen LogP contribution in [0.1, 0.15) is 49.9 Å². The van der Waals surface area contributed by atoms with Gasteiger partial charge in [-0.05, 0) is 36.6 Å². The molecule has 7 heteroatoms.